The second-order valence-electron chi connectivity index (χ2n) is 8.09. The fourth-order valence-corrected chi connectivity index (χ4v) is 4.72. The molecular weight excluding hydrogens is 376 g/mol. The third-order valence-corrected chi connectivity index (χ3v) is 6.23. The van der Waals surface area contributed by atoms with Gasteiger partial charge < -0.3 is 15.4 Å². The number of carbonyl (C=O) groups is 4. The van der Waals surface area contributed by atoms with E-state index in [0.717, 1.165) is 30.2 Å². The van der Waals surface area contributed by atoms with Gasteiger partial charge >= 0.3 is 0 Å². The van der Waals surface area contributed by atoms with Crippen LogP contribution < -0.4 is 16.0 Å². The van der Waals surface area contributed by atoms with Crippen LogP contribution in [0.5, 0.6) is 0 Å². The largest absolute Gasteiger partial charge is 0.383 e. The van der Waals surface area contributed by atoms with Crippen molar-refractivity contribution in [2.45, 2.75) is 37.4 Å². The van der Waals surface area contributed by atoms with Crippen molar-refractivity contribution >= 4 is 29.3 Å². The van der Waals surface area contributed by atoms with Crippen LogP contribution in [0.2, 0.25) is 0 Å². The molecule has 9 nitrogen and oxygen atoms in total. The lowest BCUT2D eigenvalue weighted by molar-refractivity contribution is -0.136. The number of fused-ring (bicyclic) bond motifs is 2. The SMILES string of the molecule is O=C1CCC(N2C(=O)c3ccc(NCC4CC5COCC5N4)cc3C2=O)C(=O)N1. The van der Waals surface area contributed by atoms with Crippen molar-refractivity contribution in [2.24, 2.45) is 5.92 Å². The zero-order valence-electron chi connectivity index (χ0n) is 15.8. The maximum absolute atomic E-state index is 12.9. The maximum Gasteiger partial charge on any atom is 0.262 e. The standard InChI is InChI=1S/C20H22N4O5/c25-17-4-3-16(18(26)23-17)24-19(27)13-2-1-11(6-14(13)20(24)28)21-7-12-5-10-8-29-9-15(10)22-12/h1-2,6,10,12,15-16,21-22H,3-5,7-9H2,(H,23,25,26). The van der Waals surface area contributed by atoms with Crippen molar-refractivity contribution in [1.82, 2.24) is 15.5 Å². The second-order valence-corrected chi connectivity index (χ2v) is 8.09. The Morgan fingerprint density at radius 3 is 2.72 bits per heavy atom. The van der Waals surface area contributed by atoms with E-state index in [2.05, 4.69) is 16.0 Å². The molecule has 4 unspecified atom stereocenters. The highest BCUT2D eigenvalue weighted by Crippen LogP contribution is 2.30. The molecule has 4 atom stereocenters. The molecule has 3 saturated heterocycles. The number of amides is 4. The molecule has 0 radical (unpaired) electrons. The zero-order valence-corrected chi connectivity index (χ0v) is 15.8. The molecule has 0 aromatic heterocycles. The lowest BCUT2D eigenvalue weighted by Crippen LogP contribution is -2.54. The minimum Gasteiger partial charge on any atom is -0.383 e. The van der Waals surface area contributed by atoms with Crippen LogP contribution in [-0.4, -0.2) is 66.4 Å². The molecule has 1 aromatic rings. The van der Waals surface area contributed by atoms with Gasteiger partial charge in [-0.3, -0.25) is 29.4 Å². The summed E-state index contributed by atoms with van der Waals surface area (Å²) in [6.45, 7) is 2.28. The Labute approximate surface area is 167 Å². The summed E-state index contributed by atoms with van der Waals surface area (Å²) < 4.78 is 5.46. The van der Waals surface area contributed by atoms with E-state index in [4.69, 9.17) is 4.74 Å². The highest BCUT2D eigenvalue weighted by Gasteiger charge is 2.44. The predicted molar refractivity (Wildman–Crippen MR) is 101 cm³/mol. The molecule has 0 aliphatic carbocycles. The first-order chi connectivity index (χ1) is 14.0. The summed E-state index contributed by atoms with van der Waals surface area (Å²) in [4.78, 5) is 50.1. The predicted octanol–water partition coefficient (Wildman–Crippen LogP) is -0.123. The Balaban J connectivity index is 1.28. The van der Waals surface area contributed by atoms with Gasteiger partial charge in [0.05, 0.1) is 24.3 Å². The van der Waals surface area contributed by atoms with Crippen LogP contribution in [0.15, 0.2) is 18.2 Å². The Bertz CT molecular complexity index is 904. The normalized spacial score (nSPS) is 31.1. The number of anilines is 1. The fraction of sp³-hybridized carbons (Fsp3) is 0.500. The first-order valence-electron chi connectivity index (χ1n) is 9.94. The lowest BCUT2D eigenvalue weighted by Gasteiger charge is -2.27. The van der Waals surface area contributed by atoms with E-state index in [1.54, 1.807) is 18.2 Å². The molecule has 0 saturated carbocycles. The molecule has 0 spiro atoms. The Morgan fingerprint density at radius 2 is 1.93 bits per heavy atom. The number of nitrogens with one attached hydrogen (secondary N) is 3. The molecule has 4 aliphatic rings. The minimum absolute atomic E-state index is 0.109. The average molecular weight is 398 g/mol. The summed E-state index contributed by atoms with van der Waals surface area (Å²) >= 11 is 0. The number of ether oxygens (including phenoxy) is 1. The maximum atomic E-state index is 12.9. The van der Waals surface area contributed by atoms with Crippen molar-refractivity contribution in [3.05, 3.63) is 29.3 Å². The number of imide groups is 2. The summed E-state index contributed by atoms with van der Waals surface area (Å²) in [7, 11) is 0. The van der Waals surface area contributed by atoms with E-state index < -0.39 is 23.8 Å². The van der Waals surface area contributed by atoms with Gasteiger partial charge in [-0.15, -0.1) is 0 Å². The molecule has 5 rings (SSSR count). The monoisotopic (exact) mass is 398 g/mol. The first-order valence-corrected chi connectivity index (χ1v) is 9.94. The van der Waals surface area contributed by atoms with Gasteiger partial charge in [0, 0.05) is 36.7 Å². The van der Waals surface area contributed by atoms with Crippen LogP contribution in [0, 0.1) is 5.92 Å². The number of rotatable bonds is 4. The molecule has 1 aromatic carbocycles. The fourth-order valence-electron chi connectivity index (χ4n) is 4.72. The van der Waals surface area contributed by atoms with Gasteiger partial charge in [0.1, 0.15) is 6.04 Å². The topological polar surface area (TPSA) is 117 Å². The van der Waals surface area contributed by atoms with E-state index in [-0.39, 0.29) is 29.9 Å². The molecule has 152 valence electrons. The third kappa shape index (κ3) is 3.10. The molecular formula is C20H22N4O5. The van der Waals surface area contributed by atoms with Gasteiger partial charge in [-0.1, -0.05) is 0 Å². The van der Waals surface area contributed by atoms with Crippen molar-refractivity contribution in [1.29, 1.82) is 0 Å². The van der Waals surface area contributed by atoms with Crippen LogP contribution in [0.1, 0.15) is 40.0 Å². The van der Waals surface area contributed by atoms with Crippen molar-refractivity contribution < 1.29 is 23.9 Å². The lowest BCUT2D eigenvalue weighted by atomic mass is 10.0. The van der Waals surface area contributed by atoms with E-state index in [1.165, 1.54) is 0 Å². The van der Waals surface area contributed by atoms with Gasteiger partial charge in [0.2, 0.25) is 11.8 Å². The number of carbonyl (C=O) groups excluding carboxylic acids is 4. The quantitative estimate of drug-likeness (QED) is 0.605. The second kappa shape index (κ2) is 6.93. The Morgan fingerprint density at radius 1 is 1.10 bits per heavy atom. The van der Waals surface area contributed by atoms with Crippen molar-refractivity contribution in [3.63, 3.8) is 0 Å². The van der Waals surface area contributed by atoms with E-state index >= 15 is 0 Å². The molecule has 3 N–H and O–H groups in total. The molecule has 4 amide bonds. The number of benzene rings is 1. The molecule has 9 heteroatoms. The van der Waals surface area contributed by atoms with Crippen LogP contribution in [-0.2, 0) is 14.3 Å². The molecule has 4 aliphatic heterocycles. The highest BCUT2D eigenvalue weighted by molar-refractivity contribution is 6.23. The molecule has 3 fully saturated rings. The Hall–Kier alpha value is -2.78. The van der Waals surface area contributed by atoms with Gasteiger partial charge in [0.15, 0.2) is 0 Å². The first kappa shape index (κ1) is 18.3. The van der Waals surface area contributed by atoms with Crippen LogP contribution in [0.25, 0.3) is 0 Å². The summed E-state index contributed by atoms with van der Waals surface area (Å²) in [6.07, 6.45) is 1.31. The minimum atomic E-state index is -0.944. The van der Waals surface area contributed by atoms with E-state index in [0.29, 0.717) is 24.5 Å². The average Bonchev–Trinajstić information content (AvgIpc) is 3.35. The number of piperidine rings is 1. The summed E-state index contributed by atoms with van der Waals surface area (Å²) in [5, 5.41) is 9.10. The summed E-state index contributed by atoms with van der Waals surface area (Å²) in [5.41, 5.74) is 1.33. The van der Waals surface area contributed by atoms with Crippen molar-refractivity contribution in [2.75, 3.05) is 25.1 Å². The van der Waals surface area contributed by atoms with Gasteiger partial charge in [-0.2, -0.15) is 0 Å². The summed E-state index contributed by atoms with van der Waals surface area (Å²) in [5.74, 6) is -1.41. The van der Waals surface area contributed by atoms with Gasteiger partial charge in [-0.05, 0) is 31.0 Å². The highest BCUT2D eigenvalue weighted by atomic mass is 16.5. The number of hydrogen-bond donors (Lipinski definition) is 3. The summed E-state index contributed by atoms with van der Waals surface area (Å²) in [6, 6.07) is 4.87. The Kier molecular flexibility index (Phi) is 4.36. The van der Waals surface area contributed by atoms with Gasteiger partial charge in [-0.25, -0.2) is 0 Å². The van der Waals surface area contributed by atoms with Gasteiger partial charge in [0.25, 0.3) is 11.8 Å². The van der Waals surface area contributed by atoms with Crippen LogP contribution in [0.4, 0.5) is 5.69 Å². The van der Waals surface area contributed by atoms with Crippen LogP contribution >= 0.6 is 0 Å². The molecule has 4 heterocycles. The zero-order chi connectivity index (χ0) is 20.1. The molecule has 0 bridgehead atoms. The molecule has 29 heavy (non-hydrogen) atoms. The third-order valence-electron chi connectivity index (χ3n) is 6.23. The van der Waals surface area contributed by atoms with Crippen LogP contribution in [0.3, 0.4) is 0 Å². The van der Waals surface area contributed by atoms with Crippen molar-refractivity contribution in [3.8, 4) is 0 Å². The van der Waals surface area contributed by atoms with E-state index in [9.17, 15) is 19.2 Å². The van der Waals surface area contributed by atoms with E-state index in [1.807, 2.05) is 0 Å². The number of hydrogen-bond acceptors (Lipinski definition) is 7. The number of nitrogens with zero attached hydrogens (tertiary/aromatic N) is 1. The smallest absolute Gasteiger partial charge is 0.262 e.